The largest absolute Gasteiger partial charge is 0.508 e. The number of carbonyl (C=O) groups excluding carboxylic acids is 1. The maximum absolute atomic E-state index is 12.2. The minimum atomic E-state index is -0.266. The minimum Gasteiger partial charge on any atom is -0.508 e. The van der Waals surface area contributed by atoms with Crippen LogP contribution < -0.4 is 16.0 Å². The van der Waals surface area contributed by atoms with Crippen molar-refractivity contribution >= 4 is 11.6 Å². The van der Waals surface area contributed by atoms with Crippen LogP contribution >= 0.6 is 0 Å². The number of hydrogen-bond donors (Lipinski definition) is 4. The van der Waals surface area contributed by atoms with Crippen LogP contribution in [0.5, 0.6) is 5.75 Å². The standard InChI is InChI=1S/C16H23N3O2/c20-15-5-1-4-13-12(15)9-14(19-13)16(21)18-8-6-11-3-2-7-17-10-11/h1,4-5,11,14,17,19-20H,2-3,6-10H2,(H,18,21). The number of amides is 1. The number of rotatable bonds is 4. The van der Waals surface area contributed by atoms with E-state index in [4.69, 9.17) is 0 Å². The lowest BCUT2D eigenvalue weighted by atomic mass is 9.96. The zero-order chi connectivity index (χ0) is 14.7. The number of benzene rings is 1. The van der Waals surface area contributed by atoms with Gasteiger partial charge in [-0.3, -0.25) is 4.79 Å². The number of aromatic hydroxyl groups is 1. The maximum Gasteiger partial charge on any atom is 0.242 e. The van der Waals surface area contributed by atoms with Gasteiger partial charge < -0.3 is 21.1 Å². The molecule has 1 fully saturated rings. The lowest BCUT2D eigenvalue weighted by Gasteiger charge is -2.23. The van der Waals surface area contributed by atoms with Gasteiger partial charge in [0, 0.05) is 24.2 Å². The normalized spacial score (nSPS) is 24.2. The van der Waals surface area contributed by atoms with Crippen LogP contribution in [0.3, 0.4) is 0 Å². The molecule has 0 aromatic heterocycles. The van der Waals surface area contributed by atoms with Crippen molar-refractivity contribution in [2.45, 2.75) is 31.7 Å². The third-order valence-electron chi connectivity index (χ3n) is 4.46. The van der Waals surface area contributed by atoms with E-state index in [9.17, 15) is 9.90 Å². The van der Waals surface area contributed by atoms with Crippen molar-refractivity contribution in [2.75, 3.05) is 25.0 Å². The van der Waals surface area contributed by atoms with E-state index >= 15 is 0 Å². The number of carbonyl (C=O) groups is 1. The van der Waals surface area contributed by atoms with Gasteiger partial charge in [0.25, 0.3) is 0 Å². The molecular weight excluding hydrogens is 266 g/mol. The average Bonchev–Trinajstić information content (AvgIpc) is 2.94. The van der Waals surface area contributed by atoms with Gasteiger partial charge in [0.15, 0.2) is 0 Å². The first-order valence-corrected chi connectivity index (χ1v) is 7.80. The van der Waals surface area contributed by atoms with Gasteiger partial charge in [-0.1, -0.05) is 6.07 Å². The summed E-state index contributed by atoms with van der Waals surface area (Å²) < 4.78 is 0. The van der Waals surface area contributed by atoms with Crippen LogP contribution in [-0.4, -0.2) is 36.7 Å². The van der Waals surface area contributed by atoms with E-state index in [1.807, 2.05) is 6.07 Å². The van der Waals surface area contributed by atoms with E-state index in [-0.39, 0.29) is 17.7 Å². The Morgan fingerprint density at radius 1 is 1.43 bits per heavy atom. The molecule has 2 heterocycles. The molecule has 0 saturated carbocycles. The minimum absolute atomic E-state index is 0.0226. The van der Waals surface area contributed by atoms with Crippen molar-refractivity contribution in [2.24, 2.45) is 5.92 Å². The van der Waals surface area contributed by atoms with Crippen LogP contribution in [0.4, 0.5) is 5.69 Å². The number of phenolic OH excluding ortho intramolecular Hbond substituents is 1. The molecule has 0 radical (unpaired) electrons. The molecule has 2 atom stereocenters. The fraction of sp³-hybridized carbons (Fsp3) is 0.562. The summed E-state index contributed by atoms with van der Waals surface area (Å²) in [6.45, 7) is 2.92. The molecule has 2 aliphatic rings. The molecule has 1 aromatic carbocycles. The van der Waals surface area contributed by atoms with E-state index in [0.29, 0.717) is 12.3 Å². The van der Waals surface area contributed by atoms with Crippen molar-refractivity contribution in [3.63, 3.8) is 0 Å². The van der Waals surface area contributed by atoms with Crippen LogP contribution in [-0.2, 0) is 11.2 Å². The topological polar surface area (TPSA) is 73.4 Å². The second-order valence-electron chi connectivity index (χ2n) is 6.00. The number of anilines is 1. The maximum atomic E-state index is 12.2. The Hall–Kier alpha value is -1.75. The highest BCUT2D eigenvalue weighted by Gasteiger charge is 2.28. The Balaban J connectivity index is 1.46. The molecule has 1 saturated heterocycles. The number of hydrogen-bond acceptors (Lipinski definition) is 4. The molecular formula is C16H23N3O2. The quantitative estimate of drug-likeness (QED) is 0.673. The monoisotopic (exact) mass is 289 g/mol. The number of piperidine rings is 1. The first-order chi connectivity index (χ1) is 10.2. The molecule has 114 valence electrons. The molecule has 2 aliphatic heterocycles. The molecule has 5 nitrogen and oxygen atoms in total. The molecule has 5 heteroatoms. The van der Waals surface area contributed by atoms with Crippen LogP contribution in [0.25, 0.3) is 0 Å². The van der Waals surface area contributed by atoms with Crippen LogP contribution in [0.15, 0.2) is 18.2 Å². The highest BCUT2D eigenvalue weighted by Crippen LogP contribution is 2.32. The lowest BCUT2D eigenvalue weighted by molar-refractivity contribution is -0.121. The lowest BCUT2D eigenvalue weighted by Crippen LogP contribution is -2.40. The first kappa shape index (κ1) is 14.2. The van der Waals surface area contributed by atoms with Gasteiger partial charge >= 0.3 is 0 Å². The molecule has 21 heavy (non-hydrogen) atoms. The van der Waals surface area contributed by atoms with Crippen molar-refractivity contribution in [1.82, 2.24) is 10.6 Å². The third-order valence-corrected chi connectivity index (χ3v) is 4.46. The van der Waals surface area contributed by atoms with E-state index in [2.05, 4.69) is 16.0 Å². The second-order valence-corrected chi connectivity index (χ2v) is 6.00. The van der Waals surface area contributed by atoms with Gasteiger partial charge in [-0.15, -0.1) is 0 Å². The summed E-state index contributed by atoms with van der Waals surface area (Å²) in [6, 6.07) is 5.09. The van der Waals surface area contributed by atoms with Crippen LogP contribution in [0, 0.1) is 5.92 Å². The Kier molecular flexibility index (Phi) is 4.29. The van der Waals surface area contributed by atoms with E-state index in [1.54, 1.807) is 12.1 Å². The summed E-state index contributed by atoms with van der Waals surface area (Å²) in [7, 11) is 0. The Morgan fingerprint density at radius 2 is 2.33 bits per heavy atom. The fourth-order valence-electron chi connectivity index (χ4n) is 3.22. The summed E-state index contributed by atoms with van der Waals surface area (Å²) in [5.74, 6) is 0.967. The van der Waals surface area contributed by atoms with Crippen molar-refractivity contribution in [1.29, 1.82) is 0 Å². The summed E-state index contributed by atoms with van der Waals surface area (Å²) >= 11 is 0. The summed E-state index contributed by atoms with van der Waals surface area (Å²) in [4.78, 5) is 12.2. The number of phenols is 1. The Bertz CT molecular complexity index is 512. The van der Waals surface area contributed by atoms with Gasteiger partial charge in [-0.05, 0) is 50.4 Å². The second kappa shape index (κ2) is 6.35. The number of fused-ring (bicyclic) bond motifs is 1. The zero-order valence-corrected chi connectivity index (χ0v) is 12.2. The van der Waals surface area contributed by atoms with E-state index in [1.165, 1.54) is 12.8 Å². The molecule has 2 unspecified atom stereocenters. The zero-order valence-electron chi connectivity index (χ0n) is 12.2. The van der Waals surface area contributed by atoms with Gasteiger partial charge in [0.2, 0.25) is 5.91 Å². The predicted molar refractivity (Wildman–Crippen MR) is 82.4 cm³/mol. The molecule has 0 aliphatic carbocycles. The Morgan fingerprint density at radius 3 is 3.10 bits per heavy atom. The summed E-state index contributed by atoms with van der Waals surface area (Å²) in [6.07, 6.45) is 4.07. The molecule has 0 bridgehead atoms. The summed E-state index contributed by atoms with van der Waals surface area (Å²) in [5.41, 5.74) is 1.71. The van der Waals surface area contributed by atoms with Gasteiger partial charge in [-0.2, -0.15) is 0 Å². The van der Waals surface area contributed by atoms with Crippen molar-refractivity contribution in [3.05, 3.63) is 23.8 Å². The van der Waals surface area contributed by atoms with Crippen LogP contribution in [0.2, 0.25) is 0 Å². The first-order valence-electron chi connectivity index (χ1n) is 7.80. The Labute approximate surface area is 125 Å². The predicted octanol–water partition coefficient (Wildman–Crippen LogP) is 1.23. The van der Waals surface area contributed by atoms with Crippen molar-refractivity contribution < 1.29 is 9.90 Å². The van der Waals surface area contributed by atoms with Crippen LogP contribution in [0.1, 0.15) is 24.8 Å². The van der Waals surface area contributed by atoms with Crippen molar-refractivity contribution in [3.8, 4) is 5.75 Å². The van der Waals surface area contributed by atoms with E-state index in [0.717, 1.165) is 37.3 Å². The van der Waals surface area contributed by atoms with Gasteiger partial charge in [-0.25, -0.2) is 0 Å². The third kappa shape index (κ3) is 3.29. The van der Waals surface area contributed by atoms with Gasteiger partial charge in [0.05, 0.1) is 0 Å². The highest BCUT2D eigenvalue weighted by molar-refractivity contribution is 5.87. The molecule has 3 rings (SSSR count). The smallest absolute Gasteiger partial charge is 0.242 e. The SMILES string of the molecule is O=C(NCCC1CCCNC1)C1Cc2c(O)cccc2N1. The molecule has 0 spiro atoms. The van der Waals surface area contributed by atoms with Gasteiger partial charge in [0.1, 0.15) is 11.8 Å². The molecule has 1 amide bonds. The molecule has 4 N–H and O–H groups in total. The highest BCUT2D eigenvalue weighted by atomic mass is 16.3. The average molecular weight is 289 g/mol. The number of nitrogens with one attached hydrogen (secondary N) is 3. The fourth-order valence-corrected chi connectivity index (χ4v) is 3.22. The van der Waals surface area contributed by atoms with E-state index < -0.39 is 0 Å². The summed E-state index contributed by atoms with van der Waals surface area (Å²) in [5, 5.41) is 19.4. The molecule has 1 aromatic rings.